The molecule has 6 heteroatoms. The van der Waals surface area contributed by atoms with E-state index in [1.54, 1.807) is 4.57 Å². The largest absolute Gasteiger partial charge is 0.324 e. The maximum Gasteiger partial charge on any atom is 0.146 e. The summed E-state index contributed by atoms with van der Waals surface area (Å²) < 4.78 is 2.70. The Morgan fingerprint density at radius 1 is 1.57 bits per heavy atom. The Hall–Kier alpha value is -0.690. The van der Waals surface area contributed by atoms with E-state index in [1.165, 1.54) is 6.33 Å². The summed E-state index contributed by atoms with van der Waals surface area (Å²) in [6.45, 7) is 0.285. The van der Waals surface area contributed by atoms with E-state index < -0.39 is 0 Å². The average molecular weight is 322 g/mol. The quantitative estimate of drug-likeness (QED) is 0.482. The Bertz CT molecular complexity index is 497. The number of fused-ring (bicyclic) bond motifs is 1. The lowest BCUT2D eigenvalue weighted by Crippen LogP contribution is -1.98. The molecule has 2 rings (SSSR count). The molecule has 0 saturated carbocycles. The highest BCUT2D eigenvalue weighted by molar-refractivity contribution is 14.1. The van der Waals surface area contributed by atoms with Crippen molar-refractivity contribution in [3.8, 4) is 0 Å². The van der Waals surface area contributed by atoms with Crippen molar-refractivity contribution in [2.45, 2.75) is 6.54 Å². The molecule has 2 aromatic heterocycles. The van der Waals surface area contributed by atoms with E-state index in [1.807, 2.05) is 6.20 Å². The Morgan fingerprint density at radius 3 is 3.07 bits per heavy atom. The fourth-order valence-electron chi connectivity index (χ4n) is 1.26. The SMILES string of the molecule is O=CCn1cc(I)c2c(Cl)ncnc21. The fourth-order valence-corrected chi connectivity index (χ4v) is 2.48. The lowest BCUT2D eigenvalue weighted by Gasteiger charge is -1.97. The molecule has 0 aromatic carbocycles. The van der Waals surface area contributed by atoms with Gasteiger partial charge in [-0.1, -0.05) is 11.6 Å². The molecule has 0 bridgehead atoms. The van der Waals surface area contributed by atoms with Crippen LogP contribution in [0.2, 0.25) is 5.15 Å². The molecule has 0 saturated heterocycles. The van der Waals surface area contributed by atoms with Gasteiger partial charge in [-0.25, -0.2) is 9.97 Å². The van der Waals surface area contributed by atoms with Gasteiger partial charge < -0.3 is 9.36 Å². The van der Waals surface area contributed by atoms with E-state index in [0.29, 0.717) is 10.8 Å². The molecule has 72 valence electrons. The number of hydrogen-bond donors (Lipinski definition) is 0. The van der Waals surface area contributed by atoms with Crippen LogP contribution in [0.3, 0.4) is 0 Å². The van der Waals surface area contributed by atoms with Crippen LogP contribution in [0.15, 0.2) is 12.5 Å². The molecule has 2 heterocycles. The van der Waals surface area contributed by atoms with E-state index in [0.717, 1.165) is 15.2 Å². The van der Waals surface area contributed by atoms with Crippen molar-refractivity contribution in [1.29, 1.82) is 0 Å². The van der Waals surface area contributed by atoms with Gasteiger partial charge in [0.1, 0.15) is 23.4 Å². The maximum atomic E-state index is 10.4. The zero-order valence-corrected chi connectivity index (χ0v) is 9.86. The first-order valence-electron chi connectivity index (χ1n) is 3.82. The van der Waals surface area contributed by atoms with Crippen LogP contribution in [0.1, 0.15) is 0 Å². The first-order valence-corrected chi connectivity index (χ1v) is 5.28. The lowest BCUT2D eigenvalue weighted by atomic mass is 10.4. The molecule has 4 nitrogen and oxygen atoms in total. The summed E-state index contributed by atoms with van der Waals surface area (Å²) in [5.41, 5.74) is 0.696. The molecule has 0 amide bonds. The first kappa shape index (κ1) is 9.85. The summed E-state index contributed by atoms with van der Waals surface area (Å²) in [4.78, 5) is 18.4. The number of carbonyl (C=O) groups is 1. The maximum absolute atomic E-state index is 10.4. The summed E-state index contributed by atoms with van der Waals surface area (Å²) in [5.74, 6) is 0. The Labute approximate surface area is 98.4 Å². The minimum Gasteiger partial charge on any atom is -0.324 e. The number of halogens is 2. The predicted molar refractivity (Wildman–Crippen MR) is 61.3 cm³/mol. The smallest absolute Gasteiger partial charge is 0.146 e. The van der Waals surface area contributed by atoms with E-state index in [4.69, 9.17) is 11.6 Å². The van der Waals surface area contributed by atoms with E-state index in [-0.39, 0.29) is 6.54 Å². The van der Waals surface area contributed by atoms with Crippen LogP contribution in [-0.4, -0.2) is 20.8 Å². The molecule has 14 heavy (non-hydrogen) atoms. The highest BCUT2D eigenvalue weighted by atomic mass is 127. The monoisotopic (exact) mass is 321 g/mol. The third-order valence-electron chi connectivity index (χ3n) is 1.83. The van der Waals surface area contributed by atoms with Gasteiger partial charge in [-0.2, -0.15) is 0 Å². The van der Waals surface area contributed by atoms with Crippen molar-refractivity contribution in [3.05, 3.63) is 21.2 Å². The number of aldehydes is 1. The van der Waals surface area contributed by atoms with Crippen LogP contribution in [0.4, 0.5) is 0 Å². The minimum atomic E-state index is 0.285. The fraction of sp³-hybridized carbons (Fsp3) is 0.125. The molecule has 2 aromatic rings. The highest BCUT2D eigenvalue weighted by Crippen LogP contribution is 2.26. The molecular formula is C8H5ClIN3O. The summed E-state index contributed by atoms with van der Waals surface area (Å²) in [5, 5.41) is 1.22. The molecule has 0 aliphatic heterocycles. The standard InChI is InChI=1S/C8H5ClIN3O/c9-7-6-5(10)3-13(1-2-14)8(6)12-4-11-7/h2-4H,1H2. The second kappa shape index (κ2) is 3.82. The molecular weight excluding hydrogens is 316 g/mol. The van der Waals surface area contributed by atoms with Crippen LogP contribution in [-0.2, 0) is 11.3 Å². The van der Waals surface area contributed by atoms with Crippen molar-refractivity contribution >= 4 is 51.5 Å². The zero-order chi connectivity index (χ0) is 10.1. The number of hydrogen-bond acceptors (Lipinski definition) is 3. The van der Waals surface area contributed by atoms with Gasteiger partial charge in [0.15, 0.2) is 0 Å². The topological polar surface area (TPSA) is 47.8 Å². The number of nitrogens with zero attached hydrogens (tertiary/aromatic N) is 3. The van der Waals surface area contributed by atoms with Crippen LogP contribution in [0.5, 0.6) is 0 Å². The molecule has 0 fully saturated rings. The minimum absolute atomic E-state index is 0.285. The third kappa shape index (κ3) is 1.50. The Kier molecular flexibility index (Phi) is 2.69. The second-order valence-corrected chi connectivity index (χ2v) is 4.18. The van der Waals surface area contributed by atoms with Gasteiger partial charge in [0.25, 0.3) is 0 Å². The van der Waals surface area contributed by atoms with Crippen molar-refractivity contribution in [1.82, 2.24) is 14.5 Å². The van der Waals surface area contributed by atoms with Crippen LogP contribution < -0.4 is 0 Å². The van der Waals surface area contributed by atoms with Crippen LogP contribution >= 0.6 is 34.2 Å². The molecule has 0 unspecified atom stereocenters. The first-order chi connectivity index (χ1) is 6.74. The summed E-state index contributed by atoms with van der Waals surface area (Å²) >= 11 is 8.06. The summed E-state index contributed by atoms with van der Waals surface area (Å²) in [6.07, 6.45) is 4.05. The van der Waals surface area contributed by atoms with Crippen LogP contribution in [0, 0.1) is 3.57 Å². The van der Waals surface area contributed by atoms with E-state index >= 15 is 0 Å². The van der Waals surface area contributed by atoms with Gasteiger partial charge in [0.2, 0.25) is 0 Å². The normalized spacial score (nSPS) is 10.7. The third-order valence-corrected chi connectivity index (χ3v) is 2.94. The number of carbonyl (C=O) groups excluding carboxylic acids is 1. The molecule has 0 spiro atoms. The van der Waals surface area contributed by atoms with Gasteiger partial charge >= 0.3 is 0 Å². The highest BCUT2D eigenvalue weighted by Gasteiger charge is 2.10. The van der Waals surface area contributed by atoms with Crippen LogP contribution in [0.25, 0.3) is 11.0 Å². The van der Waals surface area contributed by atoms with E-state index in [9.17, 15) is 4.79 Å². The van der Waals surface area contributed by atoms with Gasteiger partial charge in [-0.15, -0.1) is 0 Å². The Balaban J connectivity index is 2.77. The van der Waals surface area contributed by atoms with Gasteiger partial charge in [0, 0.05) is 9.77 Å². The average Bonchev–Trinajstić information content (AvgIpc) is 2.46. The number of aromatic nitrogens is 3. The van der Waals surface area contributed by atoms with Crippen molar-refractivity contribution in [2.75, 3.05) is 0 Å². The summed E-state index contributed by atoms with van der Waals surface area (Å²) in [6, 6.07) is 0. The molecule has 0 aliphatic carbocycles. The van der Waals surface area contributed by atoms with Crippen molar-refractivity contribution in [3.63, 3.8) is 0 Å². The molecule has 0 N–H and O–H groups in total. The van der Waals surface area contributed by atoms with E-state index in [2.05, 4.69) is 32.6 Å². The van der Waals surface area contributed by atoms with Crippen molar-refractivity contribution in [2.24, 2.45) is 0 Å². The zero-order valence-electron chi connectivity index (χ0n) is 6.94. The molecule has 0 atom stereocenters. The summed E-state index contributed by atoms with van der Waals surface area (Å²) in [7, 11) is 0. The van der Waals surface area contributed by atoms with Gasteiger partial charge in [-0.05, 0) is 22.6 Å². The molecule has 0 radical (unpaired) electrons. The van der Waals surface area contributed by atoms with Gasteiger partial charge in [-0.3, -0.25) is 0 Å². The number of rotatable bonds is 2. The lowest BCUT2D eigenvalue weighted by molar-refractivity contribution is -0.108. The molecule has 0 aliphatic rings. The Morgan fingerprint density at radius 2 is 2.36 bits per heavy atom. The van der Waals surface area contributed by atoms with Crippen molar-refractivity contribution < 1.29 is 4.79 Å². The van der Waals surface area contributed by atoms with Gasteiger partial charge in [0.05, 0.1) is 11.9 Å². The second-order valence-electron chi connectivity index (χ2n) is 2.66. The predicted octanol–water partition coefficient (Wildman–Crippen LogP) is 1.89.